The molecular formula is C14H28O6Zr. The first-order valence-corrected chi connectivity index (χ1v) is 5.89. The third-order valence-corrected chi connectivity index (χ3v) is 0.730. The van der Waals surface area contributed by atoms with Gasteiger partial charge in [0.05, 0.1) is 0 Å². The van der Waals surface area contributed by atoms with Crippen LogP contribution in [0.4, 0.5) is 0 Å². The summed E-state index contributed by atoms with van der Waals surface area (Å²) in [7, 11) is 0. The van der Waals surface area contributed by atoms with Crippen LogP contribution < -0.4 is 0 Å². The fraction of sp³-hybridized carbons (Fsp3) is 0.571. The molecule has 0 spiro atoms. The first-order valence-electron chi connectivity index (χ1n) is 5.89. The Kier molecular flexibility index (Phi) is 33.0. The Hall–Kier alpha value is -0.777. The van der Waals surface area contributed by atoms with Crippen LogP contribution in [0.5, 0.6) is 0 Å². The number of carbonyl (C=O) groups is 2. The molecule has 6 nitrogen and oxygen atoms in total. The molecule has 0 radical (unpaired) electrons. The molecule has 0 saturated carbocycles. The Morgan fingerprint density at radius 2 is 0.810 bits per heavy atom. The Bertz CT molecular complexity index is 238. The predicted molar refractivity (Wildman–Crippen MR) is 79.6 cm³/mol. The molecule has 0 unspecified atom stereocenters. The molecule has 0 aromatic rings. The van der Waals surface area contributed by atoms with Crippen molar-refractivity contribution in [2.75, 3.05) is 0 Å². The van der Waals surface area contributed by atoms with E-state index >= 15 is 0 Å². The maximum atomic E-state index is 9.60. The van der Waals surface area contributed by atoms with E-state index in [1.54, 1.807) is 27.7 Å². The summed E-state index contributed by atoms with van der Waals surface area (Å²) in [6.45, 7) is 16.1. The second-order valence-corrected chi connectivity index (χ2v) is 4.36. The van der Waals surface area contributed by atoms with Gasteiger partial charge in [0.15, 0.2) is 0 Å². The van der Waals surface area contributed by atoms with Crippen molar-refractivity contribution in [1.29, 1.82) is 0 Å². The summed E-state index contributed by atoms with van der Waals surface area (Å²) in [5, 5.41) is 31.9. The number of hydrogen-bond acceptors (Lipinski definition) is 4. The molecule has 7 heteroatoms. The van der Waals surface area contributed by atoms with Crippen LogP contribution >= 0.6 is 0 Å². The van der Waals surface area contributed by atoms with Crippen molar-refractivity contribution in [1.82, 2.24) is 0 Å². The van der Waals surface area contributed by atoms with Gasteiger partial charge < -0.3 is 20.4 Å². The number of carboxylic acid groups (broad SMARTS) is 2. The molecule has 0 fully saturated rings. The molecule has 21 heavy (non-hydrogen) atoms. The molecule has 0 aliphatic carbocycles. The number of hydrogen-bond donors (Lipinski definition) is 4. The Morgan fingerprint density at radius 3 is 0.810 bits per heavy atom. The second-order valence-electron chi connectivity index (χ2n) is 4.36. The van der Waals surface area contributed by atoms with Gasteiger partial charge in [-0.25, -0.2) is 9.59 Å². The van der Waals surface area contributed by atoms with E-state index in [0.717, 1.165) is 0 Å². The average Bonchev–Trinajstić information content (AvgIpc) is 2.15. The van der Waals surface area contributed by atoms with Crippen LogP contribution in [0.2, 0.25) is 0 Å². The molecular weight excluding hydrogens is 355 g/mol. The van der Waals surface area contributed by atoms with E-state index in [4.69, 9.17) is 20.4 Å². The quantitative estimate of drug-likeness (QED) is 0.543. The molecule has 0 rings (SSSR count). The summed E-state index contributed by atoms with van der Waals surface area (Å²) in [5.74, 6) is -1.87. The minimum absolute atomic E-state index is 0. The molecule has 0 aromatic heterocycles. The summed E-state index contributed by atoms with van der Waals surface area (Å²) < 4.78 is 0. The van der Waals surface area contributed by atoms with Crippen LogP contribution in [-0.2, 0) is 35.8 Å². The monoisotopic (exact) mass is 382 g/mol. The summed E-state index contributed by atoms with van der Waals surface area (Å²) in [6, 6.07) is 0. The minimum Gasteiger partial charge on any atom is -0.478 e. The smallest absolute Gasteiger partial charge is 0.330 e. The fourth-order valence-electron chi connectivity index (χ4n) is 0. The number of aliphatic carboxylic acids is 2. The summed E-state index contributed by atoms with van der Waals surface area (Å²) in [6.07, 6.45) is -0.333. The van der Waals surface area contributed by atoms with Gasteiger partial charge in [-0.3, -0.25) is 0 Å². The van der Waals surface area contributed by atoms with Crippen molar-refractivity contribution in [3.8, 4) is 0 Å². The molecule has 0 aromatic carbocycles. The van der Waals surface area contributed by atoms with E-state index in [-0.39, 0.29) is 49.6 Å². The maximum Gasteiger partial charge on any atom is 0.330 e. The van der Waals surface area contributed by atoms with Gasteiger partial charge in [0.25, 0.3) is 0 Å². The van der Waals surface area contributed by atoms with Crippen LogP contribution in [0.3, 0.4) is 0 Å². The van der Waals surface area contributed by atoms with E-state index in [0.29, 0.717) is 0 Å². The van der Waals surface area contributed by atoms with Crippen molar-refractivity contribution in [3.63, 3.8) is 0 Å². The van der Waals surface area contributed by atoms with E-state index in [2.05, 4.69) is 13.2 Å². The van der Waals surface area contributed by atoms with Gasteiger partial charge in [0, 0.05) is 49.6 Å². The Labute approximate surface area is 146 Å². The number of rotatable bonds is 2. The fourth-order valence-corrected chi connectivity index (χ4v) is 0. The van der Waals surface area contributed by atoms with Crippen LogP contribution in [0, 0.1) is 0 Å². The molecule has 0 atom stereocenters. The van der Waals surface area contributed by atoms with Crippen LogP contribution in [0.1, 0.15) is 41.5 Å². The standard InChI is InChI=1S/2C4H6O2.2C3H8O.Zr/c2*1-3(2)4(5)6;2*1-3(2)4;/h2*1H2,2H3,(H,5,6);2*3-4H,1-2H3;. The van der Waals surface area contributed by atoms with Gasteiger partial charge in [0.1, 0.15) is 0 Å². The Morgan fingerprint density at radius 1 is 0.762 bits per heavy atom. The largest absolute Gasteiger partial charge is 0.478 e. The van der Waals surface area contributed by atoms with Gasteiger partial charge in [-0.05, 0) is 41.5 Å². The van der Waals surface area contributed by atoms with E-state index < -0.39 is 11.9 Å². The van der Waals surface area contributed by atoms with E-state index in [1.807, 2.05) is 0 Å². The van der Waals surface area contributed by atoms with Gasteiger partial charge >= 0.3 is 11.9 Å². The number of aliphatic hydroxyl groups excluding tert-OH is 2. The normalized spacial score (nSPS) is 7.71. The van der Waals surface area contributed by atoms with Crippen LogP contribution in [-0.4, -0.2) is 44.6 Å². The third kappa shape index (κ3) is 109. The Balaban J connectivity index is -0.0000000544. The topological polar surface area (TPSA) is 115 Å². The molecule has 0 aliphatic rings. The SMILES string of the molecule is C=C(C)C(=O)O.C=C(C)C(=O)O.CC(C)O.CC(C)O.[Zr]. The molecule has 0 aliphatic heterocycles. The molecule has 0 amide bonds. The van der Waals surface area contributed by atoms with Gasteiger partial charge in [0.2, 0.25) is 0 Å². The van der Waals surface area contributed by atoms with Crippen molar-refractivity contribution in [2.24, 2.45) is 0 Å². The van der Waals surface area contributed by atoms with Crippen molar-refractivity contribution < 1.29 is 56.2 Å². The van der Waals surface area contributed by atoms with Gasteiger partial charge in [-0.2, -0.15) is 0 Å². The van der Waals surface area contributed by atoms with Crippen molar-refractivity contribution >= 4 is 11.9 Å². The number of aliphatic hydroxyl groups is 2. The van der Waals surface area contributed by atoms with Crippen molar-refractivity contribution in [3.05, 3.63) is 24.3 Å². The van der Waals surface area contributed by atoms with Crippen LogP contribution in [0.25, 0.3) is 0 Å². The molecule has 0 heterocycles. The third-order valence-electron chi connectivity index (χ3n) is 0.730. The van der Waals surface area contributed by atoms with E-state index in [1.165, 1.54) is 13.8 Å². The van der Waals surface area contributed by atoms with Crippen molar-refractivity contribution in [2.45, 2.75) is 53.8 Å². The summed E-state index contributed by atoms with van der Waals surface area (Å²) in [4.78, 5) is 19.2. The van der Waals surface area contributed by atoms with Gasteiger partial charge in [-0.15, -0.1) is 0 Å². The molecule has 4 N–H and O–H groups in total. The summed E-state index contributed by atoms with van der Waals surface area (Å²) in [5.41, 5.74) is 0.352. The molecule has 0 saturated heterocycles. The zero-order chi connectivity index (χ0) is 17.5. The first-order chi connectivity index (χ1) is 8.75. The number of carboxylic acids is 2. The predicted octanol–water partition coefficient (Wildman–Crippen LogP) is 2.07. The summed E-state index contributed by atoms with van der Waals surface area (Å²) >= 11 is 0. The molecule has 124 valence electrons. The molecule has 0 bridgehead atoms. The van der Waals surface area contributed by atoms with Gasteiger partial charge in [-0.1, -0.05) is 13.2 Å². The van der Waals surface area contributed by atoms with Crippen LogP contribution in [0.15, 0.2) is 24.3 Å². The maximum absolute atomic E-state index is 9.60. The average molecular weight is 384 g/mol. The van der Waals surface area contributed by atoms with E-state index in [9.17, 15) is 9.59 Å². The zero-order valence-corrected chi connectivity index (χ0v) is 16.1. The minimum atomic E-state index is -0.935. The first kappa shape index (κ1) is 32.2. The second kappa shape index (κ2) is 21.5. The zero-order valence-electron chi connectivity index (χ0n) is 13.7.